The number of nitrogens with one attached hydrogen (secondary N) is 2. The normalized spacial score (nSPS) is 28.9. The SMILES string of the molecule is C[C@@H](O)[C@@](N)(C=O)N(C(=O)[C@@H]1CCNC1)C(=O)[C@H]1CCCN1. The van der Waals surface area contributed by atoms with Gasteiger partial charge in [0.2, 0.25) is 11.8 Å². The Balaban J connectivity index is 2.32. The van der Waals surface area contributed by atoms with E-state index in [1.165, 1.54) is 6.92 Å². The minimum atomic E-state index is -2.04. The number of carbonyl (C=O) groups excluding carboxylic acids is 3. The van der Waals surface area contributed by atoms with E-state index in [0.29, 0.717) is 32.5 Å². The molecule has 2 amide bonds. The molecule has 0 saturated carbocycles. The van der Waals surface area contributed by atoms with Gasteiger partial charge < -0.3 is 15.7 Å². The Morgan fingerprint density at radius 1 is 1.36 bits per heavy atom. The summed E-state index contributed by atoms with van der Waals surface area (Å²) in [5.41, 5.74) is 3.90. The van der Waals surface area contributed by atoms with Crippen LogP contribution in [-0.4, -0.2) is 65.5 Å². The summed E-state index contributed by atoms with van der Waals surface area (Å²) in [7, 11) is 0. The minimum absolute atomic E-state index is 0.283. The quantitative estimate of drug-likeness (QED) is 0.261. The third-order valence-electron chi connectivity index (χ3n) is 4.45. The highest BCUT2D eigenvalue weighted by atomic mass is 16.3. The Morgan fingerprint density at radius 2 is 2.09 bits per heavy atom. The van der Waals surface area contributed by atoms with Gasteiger partial charge in [-0.2, -0.15) is 0 Å². The van der Waals surface area contributed by atoms with E-state index in [-0.39, 0.29) is 6.29 Å². The highest BCUT2D eigenvalue weighted by Gasteiger charge is 2.48. The van der Waals surface area contributed by atoms with Gasteiger partial charge in [0, 0.05) is 6.54 Å². The van der Waals surface area contributed by atoms with Gasteiger partial charge in [0.05, 0.1) is 18.1 Å². The summed E-state index contributed by atoms with van der Waals surface area (Å²) in [6.45, 7) is 3.09. The highest BCUT2D eigenvalue weighted by Crippen LogP contribution is 2.22. The van der Waals surface area contributed by atoms with E-state index in [1.807, 2.05) is 0 Å². The lowest BCUT2D eigenvalue weighted by Gasteiger charge is -2.39. The molecule has 5 N–H and O–H groups in total. The van der Waals surface area contributed by atoms with E-state index in [2.05, 4.69) is 10.6 Å². The van der Waals surface area contributed by atoms with Gasteiger partial charge in [-0.1, -0.05) is 0 Å². The lowest BCUT2D eigenvalue weighted by atomic mass is 9.98. The summed E-state index contributed by atoms with van der Waals surface area (Å²) < 4.78 is 0. The molecule has 0 aromatic rings. The van der Waals surface area contributed by atoms with Crippen molar-refractivity contribution < 1.29 is 19.5 Å². The molecule has 0 aromatic carbocycles. The van der Waals surface area contributed by atoms with Crippen molar-refractivity contribution in [1.82, 2.24) is 15.5 Å². The predicted molar refractivity (Wildman–Crippen MR) is 78.5 cm³/mol. The topological polar surface area (TPSA) is 125 Å². The molecule has 2 aliphatic heterocycles. The first-order chi connectivity index (χ1) is 10.4. The molecular formula is C14H24N4O4. The van der Waals surface area contributed by atoms with Gasteiger partial charge in [-0.25, -0.2) is 0 Å². The molecule has 124 valence electrons. The molecule has 4 atom stereocenters. The summed E-state index contributed by atoms with van der Waals surface area (Å²) in [5.74, 6) is -1.45. The summed E-state index contributed by atoms with van der Waals surface area (Å²) in [6.07, 6.45) is 0.908. The molecule has 0 unspecified atom stereocenters. The van der Waals surface area contributed by atoms with E-state index in [4.69, 9.17) is 5.73 Å². The fourth-order valence-electron chi connectivity index (χ4n) is 2.93. The first-order valence-corrected chi connectivity index (χ1v) is 7.67. The molecule has 22 heavy (non-hydrogen) atoms. The van der Waals surface area contributed by atoms with Crippen molar-refractivity contribution in [2.24, 2.45) is 11.7 Å². The number of nitrogens with two attached hydrogens (primary N) is 1. The molecule has 2 heterocycles. The fraction of sp³-hybridized carbons (Fsp3) is 0.786. The Labute approximate surface area is 129 Å². The molecule has 2 aliphatic rings. The third-order valence-corrected chi connectivity index (χ3v) is 4.45. The smallest absolute Gasteiger partial charge is 0.248 e. The molecule has 2 saturated heterocycles. The molecule has 0 aromatic heterocycles. The Morgan fingerprint density at radius 3 is 2.55 bits per heavy atom. The highest BCUT2D eigenvalue weighted by molar-refractivity contribution is 6.02. The molecule has 0 bridgehead atoms. The zero-order valence-electron chi connectivity index (χ0n) is 12.7. The van der Waals surface area contributed by atoms with Crippen LogP contribution in [0.1, 0.15) is 26.2 Å². The first kappa shape index (κ1) is 17.0. The van der Waals surface area contributed by atoms with Crippen LogP contribution >= 0.6 is 0 Å². The molecule has 8 nitrogen and oxygen atoms in total. The number of aldehydes is 1. The van der Waals surface area contributed by atoms with Crippen molar-refractivity contribution in [2.75, 3.05) is 19.6 Å². The summed E-state index contributed by atoms with van der Waals surface area (Å²) in [6, 6.07) is -0.542. The first-order valence-electron chi connectivity index (χ1n) is 7.67. The van der Waals surface area contributed by atoms with E-state index in [1.54, 1.807) is 0 Å². The number of nitrogens with zero attached hydrogens (tertiary/aromatic N) is 1. The second-order valence-electron chi connectivity index (χ2n) is 6.03. The van der Waals surface area contributed by atoms with Crippen LogP contribution in [0.25, 0.3) is 0 Å². The molecule has 2 rings (SSSR count). The number of amides is 2. The van der Waals surface area contributed by atoms with Gasteiger partial charge >= 0.3 is 0 Å². The number of carbonyl (C=O) groups is 3. The Bertz CT molecular complexity index is 416. The maximum absolute atomic E-state index is 12.7. The van der Waals surface area contributed by atoms with E-state index in [9.17, 15) is 19.5 Å². The maximum atomic E-state index is 12.7. The van der Waals surface area contributed by atoms with Crippen molar-refractivity contribution in [3.63, 3.8) is 0 Å². The van der Waals surface area contributed by atoms with Crippen molar-refractivity contribution in [3.8, 4) is 0 Å². The molecule has 2 fully saturated rings. The van der Waals surface area contributed by atoms with Gasteiger partial charge in [-0.3, -0.25) is 25.0 Å². The van der Waals surface area contributed by atoms with Crippen molar-refractivity contribution in [3.05, 3.63) is 0 Å². The van der Waals surface area contributed by atoms with Crippen LogP contribution in [0, 0.1) is 5.92 Å². The van der Waals surface area contributed by atoms with Crippen molar-refractivity contribution in [1.29, 1.82) is 0 Å². The van der Waals surface area contributed by atoms with Gasteiger partial charge in [0.25, 0.3) is 0 Å². The number of rotatable bonds is 5. The second-order valence-corrected chi connectivity index (χ2v) is 6.03. The Kier molecular flexibility index (Phi) is 5.28. The summed E-state index contributed by atoms with van der Waals surface area (Å²) in [5, 5.41) is 15.9. The van der Waals surface area contributed by atoms with Crippen LogP contribution in [0.4, 0.5) is 0 Å². The standard InChI is InChI=1S/C14H24N4O4/c1-9(20)14(15,8-19)18(12(21)10-4-6-16-7-10)13(22)11-3-2-5-17-11/h8-11,16-17,20H,2-7,15H2,1H3/t9-,10-,11-,14-/m1/s1. The van der Waals surface area contributed by atoms with Crippen LogP contribution in [-0.2, 0) is 14.4 Å². The number of hydrogen-bond acceptors (Lipinski definition) is 7. The van der Waals surface area contributed by atoms with Gasteiger partial charge in [-0.15, -0.1) is 0 Å². The zero-order chi connectivity index (χ0) is 16.3. The average molecular weight is 312 g/mol. The van der Waals surface area contributed by atoms with Crippen LogP contribution < -0.4 is 16.4 Å². The van der Waals surface area contributed by atoms with E-state index < -0.39 is 35.5 Å². The van der Waals surface area contributed by atoms with Crippen molar-refractivity contribution >= 4 is 18.1 Å². The minimum Gasteiger partial charge on any atom is -0.389 e. The second kappa shape index (κ2) is 6.82. The maximum Gasteiger partial charge on any atom is 0.248 e. The third kappa shape index (κ3) is 3.05. The molecule has 0 spiro atoms. The van der Waals surface area contributed by atoms with Gasteiger partial charge in [0.1, 0.15) is 0 Å². The number of aliphatic hydroxyl groups is 1. The molecule has 8 heteroatoms. The lowest BCUT2D eigenvalue weighted by molar-refractivity contribution is -0.163. The van der Waals surface area contributed by atoms with Crippen LogP contribution in [0.2, 0.25) is 0 Å². The van der Waals surface area contributed by atoms with E-state index in [0.717, 1.165) is 11.3 Å². The van der Waals surface area contributed by atoms with E-state index >= 15 is 0 Å². The van der Waals surface area contributed by atoms with Crippen LogP contribution in [0.15, 0.2) is 0 Å². The van der Waals surface area contributed by atoms with Gasteiger partial charge in [-0.05, 0) is 39.3 Å². The molecule has 0 aliphatic carbocycles. The number of aliphatic hydroxyl groups excluding tert-OH is 1. The monoisotopic (exact) mass is 312 g/mol. The Hall–Kier alpha value is -1.35. The molecule has 0 radical (unpaired) electrons. The van der Waals surface area contributed by atoms with Crippen LogP contribution in [0.3, 0.4) is 0 Å². The van der Waals surface area contributed by atoms with Crippen molar-refractivity contribution in [2.45, 2.75) is 44.0 Å². The summed E-state index contributed by atoms with van der Waals surface area (Å²) >= 11 is 0. The fourth-order valence-corrected chi connectivity index (χ4v) is 2.93. The van der Waals surface area contributed by atoms with Crippen LogP contribution in [0.5, 0.6) is 0 Å². The average Bonchev–Trinajstić information content (AvgIpc) is 3.19. The van der Waals surface area contributed by atoms with Gasteiger partial charge in [0.15, 0.2) is 11.9 Å². The molecular weight excluding hydrogens is 288 g/mol. The zero-order valence-corrected chi connectivity index (χ0v) is 12.7. The summed E-state index contributed by atoms with van der Waals surface area (Å²) in [4.78, 5) is 37.7. The predicted octanol–water partition coefficient (Wildman–Crippen LogP) is -2.06. The lowest BCUT2D eigenvalue weighted by Crippen LogP contribution is -2.70. The largest absolute Gasteiger partial charge is 0.389 e. The number of hydrogen-bond donors (Lipinski definition) is 4. The number of imide groups is 1.